The third kappa shape index (κ3) is 6.50. The molecule has 0 spiro atoms. The monoisotopic (exact) mass is 376 g/mol. The van der Waals surface area contributed by atoms with E-state index in [2.05, 4.69) is 5.32 Å². The van der Waals surface area contributed by atoms with Crippen molar-refractivity contribution in [3.63, 3.8) is 0 Å². The summed E-state index contributed by atoms with van der Waals surface area (Å²) < 4.78 is 5.13. The molecule has 3 N–H and O–H groups in total. The standard InChI is InChI=1S/C20H24N2O3.ClH/c1-2-25-20(24)17(13-15-9-5-3-6-10-15)14-22-19(23)18(21)16-11-7-4-8-12-16;/h3-12,17-18H,2,13-14,21H2,1H3,(H,22,23);1H. The molecule has 2 rings (SSSR count). The fourth-order valence-electron chi connectivity index (χ4n) is 2.54. The summed E-state index contributed by atoms with van der Waals surface area (Å²) in [4.78, 5) is 24.5. The number of nitrogens with two attached hydrogens (primary N) is 1. The van der Waals surface area contributed by atoms with Crippen LogP contribution in [0.15, 0.2) is 60.7 Å². The molecule has 0 radical (unpaired) electrons. The first-order chi connectivity index (χ1) is 12.1. The van der Waals surface area contributed by atoms with E-state index in [0.29, 0.717) is 13.0 Å². The highest BCUT2D eigenvalue weighted by Gasteiger charge is 2.23. The zero-order chi connectivity index (χ0) is 18.1. The summed E-state index contributed by atoms with van der Waals surface area (Å²) in [5, 5.41) is 2.78. The van der Waals surface area contributed by atoms with Gasteiger partial charge in [-0.1, -0.05) is 60.7 Å². The molecular weight excluding hydrogens is 352 g/mol. The molecule has 5 nitrogen and oxygen atoms in total. The maximum Gasteiger partial charge on any atom is 0.311 e. The summed E-state index contributed by atoms with van der Waals surface area (Å²) in [5.74, 6) is -1.08. The molecule has 0 fully saturated rings. The first-order valence-electron chi connectivity index (χ1n) is 8.40. The van der Waals surface area contributed by atoms with Crippen LogP contribution in [0.3, 0.4) is 0 Å². The number of ether oxygens (including phenoxy) is 1. The van der Waals surface area contributed by atoms with Crippen molar-refractivity contribution >= 4 is 24.3 Å². The molecule has 0 aliphatic heterocycles. The van der Waals surface area contributed by atoms with Crippen LogP contribution >= 0.6 is 12.4 Å². The van der Waals surface area contributed by atoms with E-state index in [4.69, 9.17) is 10.5 Å². The van der Waals surface area contributed by atoms with Gasteiger partial charge in [0.15, 0.2) is 0 Å². The van der Waals surface area contributed by atoms with Crippen molar-refractivity contribution in [3.8, 4) is 0 Å². The summed E-state index contributed by atoms with van der Waals surface area (Å²) in [6, 6.07) is 18.0. The van der Waals surface area contributed by atoms with Crippen LogP contribution in [0.4, 0.5) is 0 Å². The zero-order valence-corrected chi connectivity index (χ0v) is 15.6. The Bertz CT molecular complexity index is 680. The summed E-state index contributed by atoms with van der Waals surface area (Å²) >= 11 is 0. The van der Waals surface area contributed by atoms with Gasteiger partial charge in [-0.05, 0) is 24.5 Å². The minimum absolute atomic E-state index is 0. The van der Waals surface area contributed by atoms with E-state index in [1.54, 1.807) is 19.1 Å². The highest BCUT2D eigenvalue weighted by Crippen LogP contribution is 2.12. The Morgan fingerprint density at radius 2 is 1.62 bits per heavy atom. The average Bonchev–Trinajstić information content (AvgIpc) is 2.66. The van der Waals surface area contributed by atoms with Crippen LogP contribution in [0.25, 0.3) is 0 Å². The second-order valence-electron chi connectivity index (χ2n) is 5.77. The molecule has 2 atom stereocenters. The second-order valence-corrected chi connectivity index (χ2v) is 5.77. The molecule has 0 saturated heterocycles. The van der Waals surface area contributed by atoms with Crippen LogP contribution in [0.1, 0.15) is 24.1 Å². The lowest BCUT2D eigenvalue weighted by molar-refractivity contribution is -0.147. The van der Waals surface area contributed by atoms with Gasteiger partial charge in [-0.15, -0.1) is 12.4 Å². The number of hydrogen-bond donors (Lipinski definition) is 2. The van der Waals surface area contributed by atoms with E-state index in [0.717, 1.165) is 11.1 Å². The molecule has 0 aliphatic carbocycles. The normalized spacial score (nSPS) is 12.4. The molecule has 2 unspecified atom stereocenters. The summed E-state index contributed by atoms with van der Waals surface area (Å²) in [5.41, 5.74) is 7.73. The van der Waals surface area contributed by atoms with E-state index in [-0.39, 0.29) is 30.8 Å². The molecule has 0 bridgehead atoms. The van der Waals surface area contributed by atoms with Gasteiger partial charge in [-0.25, -0.2) is 0 Å². The Morgan fingerprint density at radius 3 is 2.19 bits per heavy atom. The Hall–Kier alpha value is -2.37. The number of esters is 1. The van der Waals surface area contributed by atoms with Gasteiger partial charge in [0, 0.05) is 6.54 Å². The van der Waals surface area contributed by atoms with Crippen molar-refractivity contribution in [2.24, 2.45) is 11.7 Å². The maximum absolute atomic E-state index is 12.3. The van der Waals surface area contributed by atoms with Gasteiger partial charge >= 0.3 is 5.97 Å². The van der Waals surface area contributed by atoms with Crippen molar-refractivity contribution in [3.05, 3.63) is 71.8 Å². The first kappa shape index (κ1) is 21.7. The molecule has 2 aromatic rings. The number of nitrogens with one attached hydrogen (secondary N) is 1. The van der Waals surface area contributed by atoms with E-state index in [1.807, 2.05) is 48.5 Å². The number of carbonyl (C=O) groups excluding carboxylic acids is 2. The van der Waals surface area contributed by atoms with Crippen LogP contribution in [0.2, 0.25) is 0 Å². The molecule has 26 heavy (non-hydrogen) atoms. The highest BCUT2D eigenvalue weighted by molar-refractivity contribution is 5.85. The Kier molecular flexibility index (Phi) is 9.41. The highest BCUT2D eigenvalue weighted by atomic mass is 35.5. The topological polar surface area (TPSA) is 81.4 Å². The maximum atomic E-state index is 12.3. The minimum atomic E-state index is -0.763. The number of halogens is 1. The number of benzene rings is 2. The van der Waals surface area contributed by atoms with Gasteiger partial charge in [0.05, 0.1) is 12.5 Å². The van der Waals surface area contributed by atoms with Crippen LogP contribution in [-0.4, -0.2) is 25.0 Å². The van der Waals surface area contributed by atoms with Gasteiger partial charge in [0.2, 0.25) is 5.91 Å². The molecule has 2 aromatic carbocycles. The van der Waals surface area contributed by atoms with Crippen molar-refractivity contribution in [1.29, 1.82) is 0 Å². The van der Waals surface area contributed by atoms with Gasteiger partial charge in [-0.3, -0.25) is 9.59 Å². The molecular formula is C20H25ClN2O3. The largest absolute Gasteiger partial charge is 0.466 e. The Morgan fingerprint density at radius 1 is 1.04 bits per heavy atom. The number of carbonyl (C=O) groups is 2. The van der Waals surface area contributed by atoms with Gasteiger partial charge in [0.1, 0.15) is 6.04 Å². The van der Waals surface area contributed by atoms with E-state index < -0.39 is 12.0 Å². The first-order valence-corrected chi connectivity index (χ1v) is 8.40. The van der Waals surface area contributed by atoms with Crippen LogP contribution in [0.5, 0.6) is 0 Å². The average molecular weight is 377 g/mol. The van der Waals surface area contributed by atoms with Crippen molar-refractivity contribution in [2.75, 3.05) is 13.2 Å². The zero-order valence-electron chi connectivity index (χ0n) is 14.8. The lowest BCUT2D eigenvalue weighted by atomic mass is 9.99. The van der Waals surface area contributed by atoms with Crippen LogP contribution < -0.4 is 11.1 Å². The molecule has 0 heterocycles. The van der Waals surface area contributed by atoms with Gasteiger partial charge in [0.25, 0.3) is 0 Å². The van der Waals surface area contributed by atoms with Crippen LogP contribution in [-0.2, 0) is 20.7 Å². The summed E-state index contributed by atoms with van der Waals surface area (Å²) in [6.07, 6.45) is 0.501. The lowest BCUT2D eigenvalue weighted by Crippen LogP contribution is -2.39. The van der Waals surface area contributed by atoms with Gasteiger partial charge in [-0.2, -0.15) is 0 Å². The molecule has 6 heteroatoms. The van der Waals surface area contributed by atoms with Crippen molar-refractivity contribution in [2.45, 2.75) is 19.4 Å². The SMILES string of the molecule is CCOC(=O)C(CNC(=O)C(N)c1ccccc1)Cc1ccccc1.Cl. The fraction of sp³-hybridized carbons (Fsp3) is 0.300. The van der Waals surface area contributed by atoms with Gasteiger partial charge < -0.3 is 15.8 Å². The summed E-state index contributed by atoms with van der Waals surface area (Å²) in [6.45, 7) is 2.26. The lowest BCUT2D eigenvalue weighted by Gasteiger charge is -2.18. The van der Waals surface area contributed by atoms with E-state index in [9.17, 15) is 9.59 Å². The van der Waals surface area contributed by atoms with E-state index in [1.165, 1.54) is 0 Å². The third-order valence-corrected chi connectivity index (χ3v) is 3.91. The molecule has 0 saturated carbocycles. The third-order valence-electron chi connectivity index (χ3n) is 3.91. The quantitative estimate of drug-likeness (QED) is 0.694. The Labute approximate surface area is 160 Å². The predicted molar refractivity (Wildman–Crippen MR) is 104 cm³/mol. The summed E-state index contributed by atoms with van der Waals surface area (Å²) in [7, 11) is 0. The van der Waals surface area contributed by atoms with E-state index >= 15 is 0 Å². The van der Waals surface area contributed by atoms with Crippen LogP contribution in [0, 0.1) is 5.92 Å². The number of amides is 1. The molecule has 1 amide bonds. The minimum Gasteiger partial charge on any atom is -0.466 e. The number of rotatable bonds is 8. The van der Waals surface area contributed by atoms with Crippen molar-refractivity contribution in [1.82, 2.24) is 5.32 Å². The molecule has 0 aliphatic rings. The molecule has 0 aromatic heterocycles. The fourth-order valence-corrected chi connectivity index (χ4v) is 2.54. The Balaban J connectivity index is 0.00000338. The predicted octanol–water partition coefficient (Wildman–Crippen LogP) is 2.65. The smallest absolute Gasteiger partial charge is 0.311 e. The molecule has 140 valence electrons. The number of hydrogen-bond acceptors (Lipinski definition) is 4. The van der Waals surface area contributed by atoms with Crippen molar-refractivity contribution < 1.29 is 14.3 Å². The second kappa shape index (κ2) is 11.3.